The molecule has 2 N–H and O–H groups in total. The SMILES string of the molecule is CC1CN(c2ccc(C(F)(F)F)cc2)C(=O)c2c(-c3cc(-c4ccc(N)nc4)on3)cnn21. The topological polar surface area (TPSA) is 103 Å². The lowest BCUT2D eigenvalue weighted by Gasteiger charge is -2.32. The zero-order valence-corrected chi connectivity index (χ0v) is 17.2. The molecule has 0 saturated heterocycles. The van der Waals surface area contributed by atoms with E-state index in [0.29, 0.717) is 34.1 Å². The Morgan fingerprint density at radius 1 is 1.12 bits per heavy atom. The number of aromatic nitrogens is 4. The summed E-state index contributed by atoms with van der Waals surface area (Å²) in [5.41, 5.74) is 7.01. The van der Waals surface area contributed by atoms with Gasteiger partial charge in [0.05, 0.1) is 23.4 Å². The molecule has 1 aromatic carbocycles. The Hall–Kier alpha value is -4.15. The van der Waals surface area contributed by atoms with Crippen molar-refractivity contribution in [2.24, 2.45) is 0 Å². The summed E-state index contributed by atoms with van der Waals surface area (Å²) < 4.78 is 45.8. The van der Waals surface area contributed by atoms with Crippen molar-refractivity contribution in [3.05, 3.63) is 66.1 Å². The van der Waals surface area contributed by atoms with Crippen LogP contribution in [0, 0.1) is 0 Å². The Morgan fingerprint density at radius 2 is 1.88 bits per heavy atom. The van der Waals surface area contributed by atoms with Gasteiger partial charge in [-0.2, -0.15) is 18.3 Å². The second kappa shape index (κ2) is 7.47. The minimum atomic E-state index is -4.45. The summed E-state index contributed by atoms with van der Waals surface area (Å²) in [6.07, 6.45) is -1.37. The highest BCUT2D eigenvalue weighted by molar-refractivity contribution is 6.09. The standard InChI is InChI=1S/C22H17F3N6O2/c1-12-11-30(15-5-3-14(4-6-15)22(23,24)25)21(32)20-16(10-28-31(12)20)17-8-18(33-29-17)13-2-7-19(26)27-9-13/h2-10,12H,11H2,1H3,(H2,26,27). The van der Waals surface area contributed by atoms with Crippen molar-refractivity contribution in [2.45, 2.75) is 19.1 Å². The van der Waals surface area contributed by atoms with Gasteiger partial charge in [-0.05, 0) is 43.3 Å². The van der Waals surface area contributed by atoms with Crippen LogP contribution in [0.3, 0.4) is 0 Å². The minimum absolute atomic E-state index is 0.207. The highest BCUT2D eigenvalue weighted by Crippen LogP contribution is 2.35. The predicted octanol–water partition coefficient (Wildman–Crippen LogP) is 4.42. The van der Waals surface area contributed by atoms with Crippen molar-refractivity contribution in [1.82, 2.24) is 19.9 Å². The minimum Gasteiger partial charge on any atom is -0.384 e. The Kier molecular flexibility index (Phi) is 4.69. The number of rotatable bonds is 3. The molecule has 0 radical (unpaired) electrons. The summed E-state index contributed by atoms with van der Waals surface area (Å²) in [4.78, 5) is 18.8. The first-order valence-corrected chi connectivity index (χ1v) is 9.98. The van der Waals surface area contributed by atoms with Crippen molar-refractivity contribution >= 4 is 17.4 Å². The molecule has 1 atom stereocenters. The Morgan fingerprint density at radius 3 is 2.55 bits per heavy atom. The molecule has 0 spiro atoms. The van der Waals surface area contributed by atoms with E-state index in [1.54, 1.807) is 29.1 Å². The normalized spacial score (nSPS) is 16.2. The van der Waals surface area contributed by atoms with Crippen LogP contribution in [0.1, 0.15) is 29.0 Å². The Labute approximate surface area is 185 Å². The van der Waals surface area contributed by atoms with Gasteiger partial charge in [-0.1, -0.05) is 5.16 Å². The maximum Gasteiger partial charge on any atom is 0.416 e. The van der Waals surface area contributed by atoms with Crippen LogP contribution >= 0.6 is 0 Å². The van der Waals surface area contributed by atoms with Crippen LogP contribution in [-0.4, -0.2) is 32.4 Å². The van der Waals surface area contributed by atoms with E-state index in [9.17, 15) is 18.0 Å². The third-order valence-corrected chi connectivity index (χ3v) is 5.47. The van der Waals surface area contributed by atoms with E-state index in [4.69, 9.17) is 10.3 Å². The molecule has 5 rings (SSSR count). The first-order chi connectivity index (χ1) is 15.7. The number of amides is 1. The van der Waals surface area contributed by atoms with Gasteiger partial charge in [0, 0.05) is 30.1 Å². The summed E-state index contributed by atoms with van der Waals surface area (Å²) in [7, 11) is 0. The smallest absolute Gasteiger partial charge is 0.384 e. The molecule has 4 aromatic rings. The summed E-state index contributed by atoms with van der Waals surface area (Å²) in [5.74, 6) is 0.416. The fourth-order valence-corrected chi connectivity index (χ4v) is 3.79. The van der Waals surface area contributed by atoms with Gasteiger partial charge in [-0.15, -0.1) is 0 Å². The molecule has 168 valence electrons. The number of pyridine rings is 1. The van der Waals surface area contributed by atoms with Gasteiger partial charge in [0.2, 0.25) is 0 Å². The van der Waals surface area contributed by atoms with Gasteiger partial charge in [0.1, 0.15) is 17.2 Å². The molecule has 1 aliphatic rings. The van der Waals surface area contributed by atoms with Gasteiger partial charge in [0.15, 0.2) is 5.76 Å². The van der Waals surface area contributed by atoms with Crippen molar-refractivity contribution in [1.29, 1.82) is 0 Å². The molecular formula is C22H17F3N6O2. The second-order valence-electron chi connectivity index (χ2n) is 7.71. The molecule has 0 bridgehead atoms. The molecule has 0 aliphatic carbocycles. The number of hydrogen-bond donors (Lipinski definition) is 1. The number of nitrogens with two attached hydrogens (primary N) is 1. The number of anilines is 2. The van der Waals surface area contributed by atoms with E-state index in [2.05, 4.69) is 15.2 Å². The number of benzene rings is 1. The van der Waals surface area contributed by atoms with Gasteiger partial charge in [-0.25, -0.2) is 4.98 Å². The predicted molar refractivity (Wildman–Crippen MR) is 113 cm³/mol. The third kappa shape index (κ3) is 3.60. The first kappa shape index (κ1) is 20.7. The average Bonchev–Trinajstić information content (AvgIpc) is 3.44. The van der Waals surface area contributed by atoms with Crippen molar-refractivity contribution < 1.29 is 22.5 Å². The number of carbonyl (C=O) groups is 1. The molecule has 4 heterocycles. The van der Waals surface area contributed by atoms with Crippen LogP contribution < -0.4 is 10.6 Å². The summed E-state index contributed by atoms with van der Waals surface area (Å²) in [6, 6.07) is 9.34. The van der Waals surface area contributed by atoms with E-state index in [-0.39, 0.29) is 24.2 Å². The number of carbonyl (C=O) groups excluding carboxylic acids is 1. The fourth-order valence-electron chi connectivity index (χ4n) is 3.79. The number of nitrogen functional groups attached to an aromatic ring is 1. The number of hydrogen-bond acceptors (Lipinski definition) is 6. The van der Waals surface area contributed by atoms with Crippen molar-refractivity contribution in [3.8, 4) is 22.6 Å². The monoisotopic (exact) mass is 454 g/mol. The van der Waals surface area contributed by atoms with Crippen LogP contribution in [0.5, 0.6) is 0 Å². The van der Waals surface area contributed by atoms with E-state index >= 15 is 0 Å². The lowest BCUT2D eigenvalue weighted by molar-refractivity contribution is -0.137. The number of alkyl halides is 3. The second-order valence-corrected chi connectivity index (χ2v) is 7.71. The zero-order chi connectivity index (χ0) is 23.3. The van der Waals surface area contributed by atoms with Crippen LogP contribution in [-0.2, 0) is 6.18 Å². The molecule has 1 unspecified atom stereocenters. The van der Waals surface area contributed by atoms with E-state index in [1.807, 2.05) is 6.92 Å². The molecule has 0 saturated carbocycles. The molecular weight excluding hydrogens is 437 g/mol. The Bertz CT molecular complexity index is 1330. The highest BCUT2D eigenvalue weighted by Gasteiger charge is 2.35. The molecule has 8 nitrogen and oxygen atoms in total. The number of halogens is 3. The fraction of sp³-hybridized carbons (Fsp3) is 0.182. The zero-order valence-electron chi connectivity index (χ0n) is 17.2. The summed E-state index contributed by atoms with van der Waals surface area (Å²) in [5, 5.41) is 8.42. The molecule has 1 aliphatic heterocycles. The number of nitrogens with zero attached hydrogens (tertiary/aromatic N) is 5. The third-order valence-electron chi connectivity index (χ3n) is 5.47. The maximum absolute atomic E-state index is 13.4. The van der Waals surface area contributed by atoms with Crippen LogP contribution in [0.2, 0.25) is 0 Å². The van der Waals surface area contributed by atoms with Gasteiger partial charge in [0.25, 0.3) is 5.91 Å². The average molecular weight is 454 g/mol. The lowest BCUT2D eigenvalue weighted by Crippen LogP contribution is -2.42. The van der Waals surface area contributed by atoms with Crippen LogP contribution in [0.4, 0.5) is 24.7 Å². The van der Waals surface area contributed by atoms with Crippen molar-refractivity contribution in [2.75, 3.05) is 17.2 Å². The lowest BCUT2D eigenvalue weighted by atomic mass is 10.1. The van der Waals surface area contributed by atoms with Gasteiger partial charge in [-0.3, -0.25) is 9.48 Å². The summed E-state index contributed by atoms with van der Waals surface area (Å²) in [6.45, 7) is 2.14. The van der Waals surface area contributed by atoms with Gasteiger partial charge >= 0.3 is 6.18 Å². The van der Waals surface area contributed by atoms with E-state index in [0.717, 1.165) is 12.1 Å². The van der Waals surface area contributed by atoms with E-state index in [1.165, 1.54) is 23.2 Å². The van der Waals surface area contributed by atoms with Gasteiger partial charge < -0.3 is 15.2 Å². The van der Waals surface area contributed by atoms with Crippen molar-refractivity contribution in [3.63, 3.8) is 0 Å². The molecule has 1 amide bonds. The van der Waals surface area contributed by atoms with Crippen LogP contribution in [0.25, 0.3) is 22.6 Å². The van der Waals surface area contributed by atoms with E-state index < -0.39 is 11.7 Å². The first-order valence-electron chi connectivity index (χ1n) is 9.98. The number of fused-ring (bicyclic) bond motifs is 1. The Balaban J connectivity index is 1.50. The molecule has 11 heteroatoms. The highest BCUT2D eigenvalue weighted by atomic mass is 19.4. The molecule has 33 heavy (non-hydrogen) atoms. The largest absolute Gasteiger partial charge is 0.416 e. The quantitative estimate of drug-likeness (QED) is 0.492. The maximum atomic E-state index is 13.4. The molecule has 3 aromatic heterocycles. The molecule has 0 fully saturated rings. The van der Waals surface area contributed by atoms with Crippen LogP contribution in [0.15, 0.2) is 59.4 Å². The summed E-state index contributed by atoms with van der Waals surface area (Å²) >= 11 is 0.